The van der Waals surface area contributed by atoms with Crippen LogP contribution < -0.4 is 10.1 Å². The number of amides is 1. The largest absolute Gasteiger partial charge is 0.465 e. The number of ether oxygens (including phenoxy) is 2. The van der Waals surface area contributed by atoms with Gasteiger partial charge in [0.1, 0.15) is 5.75 Å². The lowest BCUT2D eigenvalue weighted by molar-refractivity contribution is -0.161. The average Bonchev–Trinajstić information content (AvgIpc) is 2.61. The van der Waals surface area contributed by atoms with E-state index in [4.69, 9.17) is 9.47 Å². The van der Waals surface area contributed by atoms with Crippen LogP contribution in [0.2, 0.25) is 0 Å². The van der Waals surface area contributed by atoms with Crippen molar-refractivity contribution in [3.05, 3.63) is 29.8 Å². The maximum absolute atomic E-state index is 13.0. The van der Waals surface area contributed by atoms with Gasteiger partial charge < -0.3 is 14.8 Å². The molecule has 1 aliphatic heterocycles. The van der Waals surface area contributed by atoms with Crippen LogP contribution in [-0.4, -0.2) is 30.5 Å². The molecule has 25 heavy (non-hydrogen) atoms. The number of para-hydroxylation sites is 1. The monoisotopic (exact) mass is 345 g/mol. The SMILES string of the molecule is CCOC(=O)[C@@H]1C(=O)Oc2ccccc2[C@@H]1C(=O)NC1CCCCC1. The maximum atomic E-state index is 13.0. The van der Waals surface area contributed by atoms with Gasteiger partial charge in [-0.2, -0.15) is 0 Å². The van der Waals surface area contributed by atoms with Crippen molar-refractivity contribution >= 4 is 17.8 Å². The number of benzene rings is 1. The predicted molar refractivity (Wildman–Crippen MR) is 90.0 cm³/mol. The van der Waals surface area contributed by atoms with Crippen LogP contribution in [0.25, 0.3) is 0 Å². The fourth-order valence-corrected chi connectivity index (χ4v) is 3.61. The Morgan fingerprint density at radius 2 is 1.88 bits per heavy atom. The number of esters is 2. The van der Waals surface area contributed by atoms with Crippen LogP contribution in [0.15, 0.2) is 24.3 Å². The van der Waals surface area contributed by atoms with E-state index in [1.54, 1.807) is 31.2 Å². The lowest BCUT2D eigenvalue weighted by Gasteiger charge is -2.31. The zero-order chi connectivity index (χ0) is 17.8. The number of nitrogens with one attached hydrogen (secondary N) is 1. The van der Waals surface area contributed by atoms with Crippen LogP contribution in [0, 0.1) is 5.92 Å². The quantitative estimate of drug-likeness (QED) is 0.514. The van der Waals surface area contributed by atoms with E-state index >= 15 is 0 Å². The molecular formula is C19H23NO5. The molecule has 6 nitrogen and oxygen atoms in total. The maximum Gasteiger partial charge on any atom is 0.326 e. The average molecular weight is 345 g/mol. The first kappa shape index (κ1) is 17.5. The lowest BCUT2D eigenvalue weighted by Crippen LogP contribution is -2.47. The number of carbonyl (C=O) groups excluding carboxylic acids is 3. The Bertz CT molecular complexity index is 666. The fourth-order valence-electron chi connectivity index (χ4n) is 3.61. The van der Waals surface area contributed by atoms with E-state index in [1.165, 1.54) is 6.42 Å². The summed E-state index contributed by atoms with van der Waals surface area (Å²) in [6.07, 6.45) is 5.19. The third kappa shape index (κ3) is 3.67. The topological polar surface area (TPSA) is 81.7 Å². The lowest BCUT2D eigenvalue weighted by atomic mass is 9.82. The molecule has 1 amide bonds. The first-order chi connectivity index (χ1) is 12.1. The summed E-state index contributed by atoms with van der Waals surface area (Å²) in [5, 5.41) is 3.02. The van der Waals surface area contributed by atoms with Crippen molar-refractivity contribution in [3.8, 4) is 5.75 Å². The summed E-state index contributed by atoms with van der Waals surface area (Å²) in [7, 11) is 0. The van der Waals surface area contributed by atoms with Crippen LogP contribution in [0.1, 0.15) is 50.5 Å². The summed E-state index contributed by atoms with van der Waals surface area (Å²) in [5.74, 6) is -3.62. The summed E-state index contributed by atoms with van der Waals surface area (Å²) < 4.78 is 10.3. The molecule has 0 aromatic heterocycles. The zero-order valence-corrected chi connectivity index (χ0v) is 14.3. The Labute approximate surface area is 146 Å². The summed E-state index contributed by atoms with van der Waals surface area (Å²) in [6.45, 7) is 1.80. The van der Waals surface area contributed by atoms with Crippen molar-refractivity contribution in [2.45, 2.75) is 51.0 Å². The van der Waals surface area contributed by atoms with E-state index in [0.29, 0.717) is 11.3 Å². The molecule has 1 N–H and O–H groups in total. The molecule has 1 fully saturated rings. The first-order valence-electron chi connectivity index (χ1n) is 8.89. The summed E-state index contributed by atoms with van der Waals surface area (Å²) in [6, 6.07) is 6.94. The van der Waals surface area contributed by atoms with Gasteiger partial charge in [-0.25, -0.2) is 0 Å². The second-order valence-electron chi connectivity index (χ2n) is 6.51. The normalized spacial score (nSPS) is 23.3. The van der Waals surface area contributed by atoms with Crippen LogP contribution in [0.5, 0.6) is 5.75 Å². The Morgan fingerprint density at radius 1 is 1.16 bits per heavy atom. The molecule has 0 unspecified atom stereocenters. The van der Waals surface area contributed by atoms with Gasteiger partial charge in [0.2, 0.25) is 5.91 Å². The van der Waals surface area contributed by atoms with E-state index in [1.807, 2.05) is 0 Å². The molecule has 1 aromatic carbocycles. The van der Waals surface area contributed by atoms with Crippen molar-refractivity contribution in [1.82, 2.24) is 5.32 Å². The molecule has 1 aromatic rings. The van der Waals surface area contributed by atoms with Gasteiger partial charge in [0, 0.05) is 11.6 Å². The Balaban J connectivity index is 1.90. The van der Waals surface area contributed by atoms with Gasteiger partial charge in [0.25, 0.3) is 0 Å². The van der Waals surface area contributed by atoms with Gasteiger partial charge in [0.15, 0.2) is 5.92 Å². The predicted octanol–water partition coefficient (Wildman–Crippen LogP) is 2.32. The highest BCUT2D eigenvalue weighted by Gasteiger charge is 2.47. The molecule has 0 spiro atoms. The summed E-state index contributed by atoms with van der Waals surface area (Å²) in [4.78, 5) is 37.7. The van der Waals surface area contributed by atoms with Crippen molar-refractivity contribution in [2.75, 3.05) is 6.61 Å². The molecule has 0 radical (unpaired) electrons. The minimum absolute atomic E-state index is 0.0919. The number of fused-ring (bicyclic) bond motifs is 1. The molecular weight excluding hydrogens is 322 g/mol. The van der Waals surface area contributed by atoms with Gasteiger partial charge in [-0.3, -0.25) is 14.4 Å². The van der Waals surface area contributed by atoms with Crippen molar-refractivity contribution in [3.63, 3.8) is 0 Å². The molecule has 1 heterocycles. The molecule has 2 aliphatic rings. The Kier molecular flexibility index (Phi) is 5.36. The second kappa shape index (κ2) is 7.68. The summed E-state index contributed by atoms with van der Waals surface area (Å²) >= 11 is 0. The minimum atomic E-state index is -1.27. The second-order valence-corrected chi connectivity index (χ2v) is 6.51. The third-order valence-corrected chi connectivity index (χ3v) is 4.83. The first-order valence-corrected chi connectivity index (χ1v) is 8.89. The number of rotatable bonds is 4. The van der Waals surface area contributed by atoms with E-state index in [0.717, 1.165) is 25.7 Å². The van der Waals surface area contributed by atoms with E-state index in [9.17, 15) is 14.4 Å². The highest BCUT2D eigenvalue weighted by atomic mass is 16.6. The van der Waals surface area contributed by atoms with Crippen molar-refractivity contribution in [1.29, 1.82) is 0 Å². The fraction of sp³-hybridized carbons (Fsp3) is 0.526. The van der Waals surface area contributed by atoms with Crippen LogP contribution >= 0.6 is 0 Å². The van der Waals surface area contributed by atoms with E-state index in [2.05, 4.69) is 5.32 Å². The van der Waals surface area contributed by atoms with Crippen LogP contribution in [0.3, 0.4) is 0 Å². The van der Waals surface area contributed by atoms with Crippen LogP contribution in [0.4, 0.5) is 0 Å². The summed E-state index contributed by atoms with van der Waals surface area (Å²) in [5.41, 5.74) is 0.550. The number of hydrogen-bond acceptors (Lipinski definition) is 5. The molecule has 0 bridgehead atoms. The number of carbonyl (C=O) groups is 3. The molecule has 3 rings (SSSR count). The van der Waals surface area contributed by atoms with Gasteiger partial charge in [-0.05, 0) is 25.8 Å². The molecule has 2 atom stereocenters. The van der Waals surface area contributed by atoms with Crippen molar-refractivity contribution < 1.29 is 23.9 Å². The van der Waals surface area contributed by atoms with Gasteiger partial charge in [-0.15, -0.1) is 0 Å². The third-order valence-electron chi connectivity index (χ3n) is 4.83. The molecule has 0 saturated heterocycles. The van der Waals surface area contributed by atoms with Gasteiger partial charge in [0.05, 0.1) is 12.5 Å². The zero-order valence-electron chi connectivity index (χ0n) is 14.3. The highest BCUT2D eigenvalue weighted by Crippen LogP contribution is 2.38. The minimum Gasteiger partial charge on any atom is -0.465 e. The van der Waals surface area contributed by atoms with E-state index < -0.39 is 23.8 Å². The van der Waals surface area contributed by atoms with Gasteiger partial charge in [-0.1, -0.05) is 37.5 Å². The Hall–Kier alpha value is -2.37. The van der Waals surface area contributed by atoms with E-state index in [-0.39, 0.29) is 18.6 Å². The molecule has 1 saturated carbocycles. The van der Waals surface area contributed by atoms with Gasteiger partial charge >= 0.3 is 11.9 Å². The highest BCUT2D eigenvalue weighted by molar-refractivity contribution is 6.04. The Morgan fingerprint density at radius 3 is 2.60 bits per heavy atom. The smallest absolute Gasteiger partial charge is 0.326 e. The molecule has 1 aliphatic carbocycles. The molecule has 134 valence electrons. The standard InChI is InChI=1S/C19H23NO5/c1-2-24-18(22)16-15(17(21)20-12-8-4-3-5-9-12)13-10-6-7-11-14(13)25-19(16)23/h6-7,10-12,15-16H,2-5,8-9H2,1H3,(H,20,21)/t15-,16+/m0/s1. The van der Waals surface area contributed by atoms with Crippen LogP contribution in [-0.2, 0) is 19.1 Å². The number of hydrogen-bond donors (Lipinski definition) is 1. The van der Waals surface area contributed by atoms with Crippen molar-refractivity contribution in [2.24, 2.45) is 5.92 Å². The molecule has 6 heteroatoms.